The molecule has 2 saturated heterocycles. The lowest BCUT2D eigenvalue weighted by Gasteiger charge is -2.43. The van der Waals surface area contributed by atoms with E-state index in [2.05, 4.69) is 46.1 Å². The van der Waals surface area contributed by atoms with Crippen LogP contribution in [0.5, 0.6) is 0 Å². The Morgan fingerprint density at radius 1 is 1.00 bits per heavy atom. The third kappa shape index (κ3) is 3.70. The fourth-order valence-electron chi connectivity index (χ4n) is 4.25. The second-order valence-corrected chi connectivity index (χ2v) is 9.48. The molecule has 2 atom stereocenters. The molecule has 2 unspecified atom stereocenters. The van der Waals surface area contributed by atoms with Crippen molar-refractivity contribution in [3.05, 3.63) is 53.9 Å². The zero-order valence-corrected chi connectivity index (χ0v) is 16.0. The molecule has 3 heterocycles. The molecule has 7 heteroatoms. The Hall–Kier alpha value is -1.70. The molecule has 1 aromatic carbocycles. The highest BCUT2D eigenvalue weighted by Crippen LogP contribution is 2.28. The zero-order valence-electron chi connectivity index (χ0n) is 15.2. The minimum atomic E-state index is -2.93. The largest absolute Gasteiger partial charge is 0.297 e. The molecule has 2 fully saturated rings. The van der Waals surface area contributed by atoms with Gasteiger partial charge < -0.3 is 0 Å². The molecular formula is C19H26N4O2S. The van der Waals surface area contributed by atoms with Gasteiger partial charge >= 0.3 is 0 Å². The highest BCUT2D eigenvalue weighted by Gasteiger charge is 2.45. The van der Waals surface area contributed by atoms with Crippen molar-refractivity contribution in [2.45, 2.75) is 32.1 Å². The van der Waals surface area contributed by atoms with Crippen molar-refractivity contribution >= 4 is 9.84 Å². The van der Waals surface area contributed by atoms with E-state index in [1.54, 1.807) is 6.20 Å². The molecular weight excluding hydrogens is 348 g/mol. The van der Waals surface area contributed by atoms with Crippen LogP contribution < -0.4 is 0 Å². The maximum Gasteiger partial charge on any atom is 0.153 e. The summed E-state index contributed by atoms with van der Waals surface area (Å²) in [7, 11) is -2.93. The van der Waals surface area contributed by atoms with Crippen molar-refractivity contribution in [2.75, 3.05) is 31.1 Å². The Labute approximate surface area is 155 Å². The molecule has 0 saturated carbocycles. The van der Waals surface area contributed by atoms with Crippen LogP contribution in [0.25, 0.3) is 0 Å². The molecule has 1 aromatic heterocycles. The van der Waals surface area contributed by atoms with E-state index >= 15 is 0 Å². The van der Waals surface area contributed by atoms with E-state index < -0.39 is 9.84 Å². The van der Waals surface area contributed by atoms with Gasteiger partial charge in [-0.15, -0.1) is 0 Å². The van der Waals surface area contributed by atoms with Gasteiger partial charge in [0.1, 0.15) is 0 Å². The lowest BCUT2D eigenvalue weighted by Crippen LogP contribution is -2.58. The smallest absolute Gasteiger partial charge is 0.153 e. The van der Waals surface area contributed by atoms with Crippen molar-refractivity contribution in [2.24, 2.45) is 0 Å². The van der Waals surface area contributed by atoms with E-state index in [1.807, 2.05) is 16.9 Å². The summed E-state index contributed by atoms with van der Waals surface area (Å²) in [6, 6.07) is 10.8. The Morgan fingerprint density at radius 2 is 1.62 bits per heavy atom. The molecule has 0 N–H and O–H groups in total. The first-order valence-electron chi connectivity index (χ1n) is 9.28. The summed E-state index contributed by atoms with van der Waals surface area (Å²) in [5.41, 5.74) is 2.46. The van der Waals surface area contributed by atoms with Crippen LogP contribution in [-0.4, -0.2) is 71.2 Å². The monoisotopic (exact) mass is 374 g/mol. The number of benzene rings is 1. The molecule has 140 valence electrons. The fraction of sp³-hybridized carbons (Fsp3) is 0.526. The standard InChI is InChI=1S/C19H26N4O2S/c1-2-21-10-11-22(19-15-26(24,25)14-18(19)21)12-16-4-6-17(7-5-16)13-23-9-3-8-20-23/h3-9,18-19H,2,10-15H2,1H3. The van der Waals surface area contributed by atoms with Gasteiger partial charge in [0.25, 0.3) is 0 Å². The molecule has 0 radical (unpaired) electrons. The van der Waals surface area contributed by atoms with Gasteiger partial charge in [0.2, 0.25) is 0 Å². The summed E-state index contributed by atoms with van der Waals surface area (Å²) >= 11 is 0. The third-order valence-electron chi connectivity index (χ3n) is 5.62. The lowest BCUT2D eigenvalue weighted by molar-refractivity contribution is 0.0439. The third-order valence-corrected chi connectivity index (χ3v) is 7.32. The van der Waals surface area contributed by atoms with Gasteiger partial charge in [0.05, 0.1) is 18.1 Å². The lowest BCUT2D eigenvalue weighted by atomic mass is 10.0. The zero-order chi connectivity index (χ0) is 18.1. The number of rotatable bonds is 5. The Bertz CT molecular complexity index is 833. The van der Waals surface area contributed by atoms with Crippen molar-refractivity contribution in [1.82, 2.24) is 19.6 Å². The number of aromatic nitrogens is 2. The van der Waals surface area contributed by atoms with Gasteiger partial charge in [-0.3, -0.25) is 14.5 Å². The number of likely N-dealkylation sites (N-methyl/N-ethyl adjacent to an activating group) is 1. The summed E-state index contributed by atoms with van der Waals surface area (Å²) < 4.78 is 26.3. The average Bonchev–Trinajstić information content (AvgIpc) is 3.23. The number of hydrogen-bond acceptors (Lipinski definition) is 5. The quantitative estimate of drug-likeness (QED) is 0.788. The van der Waals surface area contributed by atoms with E-state index in [4.69, 9.17) is 0 Å². The van der Waals surface area contributed by atoms with Crippen LogP contribution in [0.3, 0.4) is 0 Å². The van der Waals surface area contributed by atoms with Gasteiger partial charge in [-0.25, -0.2) is 8.42 Å². The summed E-state index contributed by atoms with van der Waals surface area (Å²) in [5.74, 6) is 0.608. The first-order chi connectivity index (χ1) is 12.5. The van der Waals surface area contributed by atoms with E-state index in [-0.39, 0.29) is 12.1 Å². The molecule has 0 bridgehead atoms. The summed E-state index contributed by atoms with van der Waals surface area (Å²) in [4.78, 5) is 4.70. The number of piperazine rings is 1. The summed E-state index contributed by atoms with van der Waals surface area (Å²) in [6.07, 6.45) is 3.75. The maximum atomic E-state index is 12.2. The summed E-state index contributed by atoms with van der Waals surface area (Å²) in [6.45, 7) is 6.51. The molecule has 0 amide bonds. The molecule has 0 aliphatic carbocycles. The van der Waals surface area contributed by atoms with E-state index in [1.165, 1.54) is 11.1 Å². The highest BCUT2D eigenvalue weighted by molar-refractivity contribution is 7.91. The molecule has 4 rings (SSSR count). The van der Waals surface area contributed by atoms with Crippen LogP contribution in [0, 0.1) is 0 Å². The maximum absolute atomic E-state index is 12.2. The van der Waals surface area contributed by atoms with Crippen LogP contribution in [-0.2, 0) is 22.9 Å². The number of hydrogen-bond donors (Lipinski definition) is 0. The van der Waals surface area contributed by atoms with E-state index in [0.717, 1.165) is 32.7 Å². The normalized spacial score (nSPS) is 26.0. The minimum Gasteiger partial charge on any atom is -0.297 e. The van der Waals surface area contributed by atoms with Crippen molar-refractivity contribution < 1.29 is 8.42 Å². The first-order valence-corrected chi connectivity index (χ1v) is 11.1. The number of sulfone groups is 1. The number of fused-ring (bicyclic) bond motifs is 1. The van der Waals surface area contributed by atoms with E-state index in [0.29, 0.717) is 11.5 Å². The molecule has 2 aliphatic heterocycles. The van der Waals surface area contributed by atoms with Gasteiger partial charge in [-0.05, 0) is 23.7 Å². The van der Waals surface area contributed by atoms with Gasteiger partial charge in [-0.2, -0.15) is 5.10 Å². The van der Waals surface area contributed by atoms with Crippen LogP contribution in [0.1, 0.15) is 18.1 Å². The van der Waals surface area contributed by atoms with Crippen LogP contribution in [0.4, 0.5) is 0 Å². The van der Waals surface area contributed by atoms with Crippen molar-refractivity contribution in [3.8, 4) is 0 Å². The molecule has 6 nitrogen and oxygen atoms in total. The topological polar surface area (TPSA) is 58.4 Å². The SMILES string of the molecule is CCN1CCN(Cc2ccc(Cn3cccn3)cc2)C2CS(=O)(=O)CC21. The predicted octanol–water partition coefficient (Wildman–Crippen LogP) is 1.23. The highest BCUT2D eigenvalue weighted by atomic mass is 32.2. The fourth-order valence-corrected chi connectivity index (χ4v) is 6.29. The Kier molecular flexibility index (Phi) is 4.86. The van der Waals surface area contributed by atoms with Crippen LogP contribution >= 0.6 is 0 Å². The van der Waals surface area contributed by atoms with Crippen LogP contribution in [0.2, 0.25) is 0 Å². The first kappa shape index (κ1) is 17.7. The van der Waals surface area contributed by atoms with Gasteiger partial charge in [0.15, 0.2) is 9.84 Å². The molecule has 2 aliphatic rings. The predicted molar refractivity (Wildman–Crippen MR) is 102 cm³/mol. The van der Waals surface area contributed by atoms with Crippen molar-refractivity contribution in [1.29, 1.82) is 0 Å². The van der Waals surface area contributed by atoms with E-state index in [9.17, 15) is 8.42 Å². The number of nitrogens with zero attached hydrogens (tertiary/aromatic N) is 4. The average molecular weight is 375 g/mol. The van der Waals surface area contributed by atoms with Gasteiger partial charge in [0, 0.05) is 44.1 Å². The molecule has 26 heavy (non-hydrogen) atoms. The Morgan fingerprint density at radius 3 is 2.23 bits per heavy atom. The van der Waals surface area contributed by atoms with Crippen LogP contribution in [0.15, 0.2) is 42.7 Å². The summed E-state index contributed by atoms with van der Waals surface area (Å²) in [5, 5.41) is 4.24. The minimum absolute atomic E-state index is 0.123. The Balaban J connectivity index is 1.45. The van der Waals surface area contributed by atoms with Gasteiger partial charge in [-0.1, -0.05) is 31.2 Å². The van der Waals surface area contributed by atoms with Crippen molar-refractivity contribution in [3.63, 3.8) is 0 Å². The second-order valence-electron chi connectivity index (χ2n) is 7.33. The molecule has 0 spiro atoms. The molecule has 2 aromatic rings. The second kappa shape index (κ2) is 7.13.